The van der Waals surface area contributed by atoms with Gasteiger partial charge >= 0.3 is 0 Å². The van der Waals surface area contributed by atoms with Crippen LogP contribution in [-0.2, 0) is 6.54 Å². The quantitative estimate of drug-likeness (QED) is 0.717. The number of halogens is 1. The van der Waals surface area contributed by atoms with Crippen LogP contribution in [0.25, 0.3) is 10.2 Å². The molecule has 2 aromatic heterocycles. The third kappa shape index (κ3) is 3.57. The summed E-state index contributed by atoms with van der Waals surface area (Å²) in [6, 6.07) is 8.72. The van der Waals surface area contributed by atoms with Crippen LogP contribution in [0.3, 0.4) is 0 Å². The molecule has 1 aliphatic rings. The van der Waals surface area contributed by atoms with Crippen LogP contribution in [0.2, 0.25) is 0 Å². The number of methoxy groups -OCH3 is 1. The highest BCUT2D eigenvalue weighted by atomic mass is 32.1. The number of fused-ring (bicyclic) bond motifs is 1. The van der Waals surface area contributed by atoms with E-state index in [0.717, 1.165) is 48.1 Å². The molecule has 3 heterocycles. The van der Waals surface area contributed by atoms with Gasteiger partial charge in [0.1, 0.15) is 5.82 Å². The molecule has 1 fully saturated rings. The zero-order chi connectivity index (χ0) is 17.2. The maximum absolute atomic E-state index is 13.3. The molecule has 7 heteroatoms. The number of hydrogen-bond donors (Lipinski definition) is 0. The normalized spacial score (nSPS) is 15.7. The predicted octanol–water partition coefficient (Wildman–Crippen LogP) is 3.16. The Kier molecular flexibility index (Phi) is 4.50. The first kappa shape index (κ1) is 16.2. The number of thiazole rings is 1. The topological polar surface area (TPSA) is 41.5 Å². The van der Waals surface area contributed by atoms with Crippen LogP contribution in [0.5, 0.6) is 5.88 Å². The van der Waals surface area contributed by atoms with Gasteiger partial charge in [0.15, 0.2) is 5.13 Å². The van der Waals surface area contributed by atoms with Gasteiger partial charge in [-0.15, -0.1) is 0 Å². The predicted molar refractivity (Wildman–Crippen MR) is 97.9 cm³/mol. The molecule has 0 amide bonds. The number of hydrogen-bond acceptors (Lipinski definition) is 6. The molecule has 0 saturated carbocycles. The summed E-state index contributed by atoms with van der Waals surface area (Å²) in [4.78, 5) is 13.6. The highest BCUT2D eigenvalue weighted by Crippen LogP contribution is 2.30. The van der Waals surface area contributed by atoms with E-state index in [1.165, 1.54) is 11.6 Å². The van der Waals surface area contributed by atoms with E-state index in [9.17, 15) is 4.39 Å². The smallest absolute Gasteiger partial charge is 0.212 e. The fraction of sp³-hybridized carbons (Fsp3) is 0.333. The van der Waals surface area contributed by atoms with Gasteiger partial charge < -0.3 is 9.64 Å². The molecular formula is C18H19FN4OS. The Bertz CT molecular complexity index is 859. The van der Waals surface area contributed by atoms with Crippen molar-refractivity contribution in [2.24, 2.45) is 0 Å². The maximum Gasteiger partial charge on any atom is 0.212 e. The van der Waals surface area contributed by atoms with Crippen molar-refractivity contribution < 1.29 is 9.13 Å². The van der Waals surface area contributed by atoms with Crippen molar-refractivity contribution in [3.8, 4) is 5.88 Å². The summed E-state index contributed by atoms with van der Waals surface area (Å²) in [6.45, 7) is 4.67. The van der Waals surface area contributed by atoms with Crippen LogP contribution in [-0.4, -0.2) is 48.2 Å². The van der Waals surface area contributed by atoms with Crippen LogP contribution in [0.1, 0.15) is 5.56 Å². The second-order valence-electron chi connectivity index (χ2n) is 6.08. The van der Waals surface area contributed by atoms with Crippen molar-refractivity contribution in [3.63, 3.8) is 0 Å². The van der Waals surface area contributed by atoms with Crippen LogP contribution in [0.4, 0.5) is 9.52 Å². The van der Waals surface area contributed by atoms with Crippen molar-refractivity contribution in [2.75, 3.05) is 38.2 Å². The van der Waals surface area contributed by atoms with Gasteiger partial charge in [-0.25, -0.2) is 14.4 Å². The summed E-state index contributed by atoms with van der Waals surface area (Å²) in [5, 5.41) is 0.978. The SMILES string of the molecule is COc1ccc(CN2CCN(c3nc4ccc(F)cc4s3)CC2)cn1. The van der Waals surface area contributed by atoms with Crippen molar-refractivity contribution in [2.45, 2.75) is 6.54 Å². The van der Waals surface area contributed by atoms with Gasteiger partial charge in [-0.05, 0) is 23.8 Å². The van der Waals surface area contributed by atoms with E-state index < -0.39 is 0 Å². The Morgan fingerprint density at radius 3 is 2.72 bits per heavy atom. The molecule has 4 rings (SSSR count). The number of aromatic nitrogens is 2. The second-order valence-corrected chi connectivity index (χ2v) is 7.09. The van der Waals surface area contributed by atoms with Crippen molar-refractivity contribution in [3.05, 3.63) is 47.9 Å². The highest BCUT2D eigenvalue weighted by molar-refractivity contribution is 7.22. The largest absolute Gasteiger partial charge is 0.481 e. The minimum Gasteiger partial charge on any atom is -0.481 e. The van der Waals surface area contributed by atoms with Gasteiger partial charge in [0.05, 0.1) is 17.3 Å². The van der Waals surface area contributed by atoms with Crippen molar-refractivity contribution >= 4 is 26.7 Å². The number of pyridine rings is 1. The molecule has 0 N–H and O–H groups in total. The Morgan fingerprint density at radius 2 is 2.00 bits per heavy atom. The van der Waals surface area contributed by atoms with Gasteiger partial charge in [0.25, 0.3) is 0 Å². The number of anilines is 1. The van der Waals surface area contributed by atoms with E-state index in [-0.39, 0.29) is 5.82 Å². The lowest BCUT2D eigenvalue weighted by atomic mass is 10.2. The number of benzene rings is 1. The second kappa shape index (κ2) is 6.93. The van der Waals surface area contributed by atoms with Crippen LogP contribution in [0, 0.1) is 5.82 Å². The number of piperazine rings is 1. The minimum absolute atomic E-state index is 0.208. The first-order valence-corrected chi connectivity index (χ1v) is 9.05. The summed E-state index contributed by atoms with van der Waals surface area (Å²) in [5.74, 6) is 0.432. The Balaban J connectivity index is 1.38. The molecule has 0 atom stereocenters. The first-order chi connectivity index (χ1) is 12.2. The average Bonchev–Trinajstić information content (AvgIpc) is 3.06. The fourth-order valence-corrected chi connectivity index (χ4v) is 4.04. The molecule has 0 spiro atoms. The number of ether oxygens (including phenoxy) is 1. The number of nitrogens with zero attached hydrogens (tertiary/aromatic N) is 4. The van der Waals surface area contributed by atoms with Crippen molar-refractivity contribution in [1.29, 1.82) is 0 Å². The van der Waals surface area contributed by atoms with Crippen LogP contribution >= 0.6 is 11.3 Å². The fourth-order valence-electron chi connectivity index (χ4n) is 3.00. The van der Waals surface area contributed by atoms with E-state index in [0.29, 0.717) is 5.88 Å². The van der Waals surface area contributed by atoms with E-state index in [2.05, 4.69) is 25.8 Å². The molecule has 0 bridgehead atoms. The van der Waals surface area contributed by atoms with E-state index in [4.69, 9.17) is 4.74 Å². The van der Waals surface area contributed by atoms with Gasteiger partial charge in [0, 0.05) is 45.0 Å². The molecule has 3 aromatic rings. The lowest BCUT2D eigenvalue weighted by Crippen LogP contribution is -2.45. The molecule has 0 aliphatic carbocycles. The lowest BCUT2D eigenvalue weighted by molar-refractivity contribution is 0.249. The Hall–Kier alpha value is -2.25. The minimum atomic E-state index is -0.208. The molecule has 1 saturated heterocycles. The molecule has 1 aliphatic heterocycles. The summed E-state index contributed by atoms with van der Waals surface area (Å²) < 4.78 is 19.3. The Morgan fingerprint density at radius 1 is 1.16 bits per heavy atom. The van der Waals surface area contributed by atoms with Gasteiger partial charge in [-0.2, -0.15) is 0 Å². The summed E-state index contributed by atoms with van der Waals surface area (Å²) in [7, 11) is 1.62. The standard InChI is InChI=1S/C18H19FN4OS/c1-24-17-5-2-13(11-20-17)12-22-6-8-23(9-7-22)18-21-15-4-3-14(19)10-16(15)25-18/h2-5,10-11H,6-9,12H2,1H3. The molecule has 130 valence electrons. The van der Waals surface area contributed by atoms with Crippen molar-refractivity contribution in [1.82, 2.24) is 14.9 Å². The first-order valence-electron chi connectivity index (χ1n) is 8.23. The van der Waals surface area contributed by atoms with Crippen LogP contribution < -0.4 is 9.64 Å². The molecule has 1 aromatic carbocycles. The lowest BCUT2D eigenvalue weighted by Gasteiger charge is -2.34. The monoisotopic (exact) mass is 358 g/mol. The maximum atomic E-state index is 13.3. The molecule has 25 heavy (non-hydrogen) atoms. The summed E-state index contributed by atoms with van der Waals surface area (Å²) >= 11 is 1.56. The number of rotatable bonds is 4. The Labute approximate surface area is 149 Å². The van der Waals surface area contributed by atoms with E-state index in [1.807, 2.05) is 12.3 Å². The summed E-state index contributed by atoms with van der Waals surface area (Å²) in [5.41, 5.74) is 2.05. The van der Waals surface area contributed by atoms with Gasteiger partial charge in [-0.3, -0.25) is 4.90 Å². The molecule has 0 unspecified atom stereocenters. The average molecular weight is 358 g/mol. The van der Waals surface area contributed by atoms with Gasteiger partial charge in [0.2, 0.25) is 5.88 Å². The van der Waals surface area contributed by atoms with E-state index in [1.54, 1.807) is 30.6 Å². The third-order valence-corrected chi connectivity index (χ3v) is 5.47. The van der Waals surface area contributed by atoms with E-state index >= 15 is 0 Å². The summed E-state index contributed by atoms with van der Waals surface area (Å²) in [6.07, 6.45) is 1.87. The van der Waals surface area contributed by atoms with Crippen LogP contribution in [0.15, 0.2) is 36.5 Å². The van der Waals surface area contributed by atoms with Gasteiger partial charge in [-0.1, -0.05) is 17.4 Å². The zero-order valence-electron chi connectivity index (χ0n) is 14.0. The molecule has 0 radical (unpaired) electrons. The third-order valence-electron chi connectivity index (χ3n) is 4.39. The highest BCUT2D eigenvalue weighted by Gasteiger charge is 2.20. The molecular weight excluding hydrogens is 339 g/mol. The molecule has 5 nitrogen and oxygen atoms in total. The zero-order valence-corrected chi connectivity index (χ0v) is 14.8.